The number of aromatic amines is 1. The SMILES string of the molecule is Cc1ccc(C)c(Oc2ccc(CNC(=O)c3cc(=O)n(-c4nc(C)cc(C)n4)[nH]3)cn2)c1. The Balaban J connectivity index is 1.41. The van der Waals surface area contributed by atoms with Gasteiger partial charge in [-0.1, -0.05) is 18.2 Å². The number of pyridine rings is 1. The molecule has 2 N–H and O–H groups in total. The number of hydrogen-bond acceptors (Lipinski definition) is 6. The summed E-state index contributed by atoms with van der Waals surface area (Å²) in [5.41, 5.74) is 4.06. The average molecular weight is 444 g/mol. The van der Waals surface area contributed by atoms with Crippen LogP contribution >= 0.6 is 0 Å². The van der Waals surface area contributed by atoms with Gasteiger partial charge >= 0.3 is 0 Å². The van der Waals surface area contributed by atoms with Gasteiger partial charge in [0.25, 0.3) is 17.4 Å². The average Bonchev–Trinajstić information content (AvgIpc) is 3.17. The second kappa shape index (κ2) is 9.07. The molecule has 1 aromatic carbocycles. The van der Waals surface area contributed by atoms with Crippen molar-refractivity contribution in [2.24, 2.45) is 0 Å². The molecule has 9 heteroatoms. The molecule has 0 unspecified atom stereocenters. The zero-order valence-electron chi connectivity index (χ0n) is 18.8. The van der Waals surface area contributed by atoms with Gasteiger partial charge < -0.3 is 10.1 Å². The first kappa shape index (κ1) is 21.9. The normalized spacial score (nSPS) is 10.8. The third-order valence-electron chi connectivity index (χ3n) is 4.94. The molecule has 0 spiro atoms. The Morgan fingerprint density at radius 2 is 1.79 bits per heavy atom. The quantitative estimate of drug-likeness (QED) is 0.472. The summed E-state index contributed by atoms with van der Waals surface area (Å²) in [5.74, 6) is 0.990. The molecule has 0 aliphatic heterocycles. The molecule has 0 saturated carbocycles. The Morgan fingerprint density at radius 1 is 1.03 bits per heavy atom. The maximum atomic E-state index is 12.5. The Hall–Kier alpha value is -4.27. The van der Waals surface area contributed by atoms with Gasteiger partial charge in [-0.25, -0.2) is 15.0 Å². The van der Waals surface area contributed by atoms with Crippen LogP contribution in [0.3, 0.4) is 0 Å². The van der Waals surface area contributed by atoms with Gasteiger partial charge in [-0.2, -0.15) is 4.68 Å². The highest BCUT2D eigenvalue weighted by atomic mass is 16.5. The van der Waals surface area contributed by atoms with Gasteiger partial charge in [-0.15, -0.1) is 0 Å². The lowest BCUT2D eigenvalue weighted by atomic mass is 10.1. The minimum atomic E-state index is -0.425. The molecule has 0 radical (unpaired) electrons. The number of rotatable bonds is 6. The van der Waals surface area contributed by atoms with E-state index in [1.54, 1.807) is 18.3 Å². The van der Waals surface area contributed by atoms with E-state index in [2.05, 4.69) is 25.4 Å². The predicted octanol–water partition coefficient (Wildman–Crippen LogP) is 3.31. The van der Waals surface area contributed by atoms with Gasteiger partial charge in [0.05, 0.1) is 0 Å². The molecule has 1 amide bonds. The van der Waals surface area contributed by atoms with Crippen molar-refractivity contribution in [3.8, 4) is 17.6 Å². The van der Waals surface area contributed by atoms with Gasteiger partial charge in [-0.3, -0.25) is 14.7 Å². The van der Waals surface area contributed by atoms with Crippen molar-refractivity contribution in [3.63, 3.8) is 0 Å². The summed E-state index contributed by atoms with van der Waals surface area (Å²) < 4.78 is 7.01. The summed E-state index contributed by atoms with van der Waals surface area (Å²) in [5, 5.41) is 5.54. The van der Waals surface area contributed by atoms with E-state index in [1.165, 1.54) is 6.07 Å². The number of amides is 1. The summed E-state index contributed by atoms with van der Waals surface area (Å²) in [4.78, 5) is 37.7. The van der Waals surface area contributed by atoms with Crippen molar-refractivity contribution in [1.29, 1.82) is 0 Å². The second-order valence-corrected chi connectivity index (χ2v) is 7.85. The maximum absolute atomic E-state index is 12.5. The van der Waals surface area contributed by atoms with Crippen LogP contribution in [0.2, 0.25) is 0 Å². The fourth-order valence-electron chi connectivity index (χ4n) is 3.25. The molecule has 9 nitrogen and oxygen atoms in total. The van der Waals surface area contributed by atoms with Crippen LogP contribution in [0, 0.1) is 27.7 Å². The van der Waals surface area contributed by atoms with Crippen molar-refractivity contribution < 1.29 is 9.53 Å². The highest BCUT2D eigenvalue weighted by molar-refractivity contribution is 5.92. The fraction of sp³-hybridized carbons (Fsp3) is 0.208. The van der Waals surface area contributed by atoms with E-state index in [-0.39, 0.29) is 18.2 Å². The summed E-state index contributed by atoms with van der Waals surface area (Å²) in [7, 11) is 0. The standard InChI is InChI=1S/C24H24N6O3/c1-14-5-6-15(2)20(9-14)33-21-8-7-18(12-25-21)13-26-23(32)19-11-22(31)30(29-19)24-27-16(3)10-17(4)28-24/h5-12,29H,13H2,1-4H3,(H,26,32). The van der Waals surface area contributed by atoms with E-state index in [4.69, 9.17) is 4.74 Å². The molecule has 0 aliphatic rings. The first-order valence-corrected chi connectivity index (χ1v) is 10.4. The number of carbonyl (C=O) groups excluding carboxylic acids is 1. The number of hydrogen-bond donors (Lipinski definition) is 2. The fourth-order valence-corrected chi connectivity index (χ4v) is 3.25. The van der Waals surface area contributed by atoms with Gasteiger partial charge in [0.2, 0.25) is 5.88 Å². The maximum Gasteiger partial charge on any atom is 0.274 e. The summed E-state index contributed by atoms with van der Waals surface area (Å²) in [6, 6.07) is 12.6. The van der Waals surface area contributed by atoms with Gasteiger partial charge in [0.1, 0.15) is 11.4 Å². The van der Waals surface area contributed by atoms with Crippen LogP contribution in [0.15, 0.2) is 53.5 Å². The van der Waals surface area contributed by atoms with Crippen LogP contribution in [0.4, 0.5) is 0 Å². The molecule has 3 aromatic heterocycles. The lowest BCUT2D eigenvalue weighted by molar-refractivity contribution is 0.0945. The molecule has 168 valence electrons. The zero-order valence-corrected chi connectivity index (χ0v) is 18.8. The van der Waals surface area contributed by atoms with Gasteiger partial charge in [0, 0.05) is 36.3 Å². The number of benzene rings is 1. The Labute approximate surface area is 190 Å². The van der Waals surface area contributed by atoms with Crippen molar-refractivity contribution in [3.05, 3.63) is 92.8 Å². The molecule has 4 aromatic rings. The molecule has 33 heavy (non-hydrogen) atoms. The highest BCUT2D eigenvalue weighted by Gasteiger charge is 2.14. The number of aromatic nitrogens is 5. The van der Waals surface area contributed by atoms with Crippen LogP contribution in [-0.2, 0) is 6.54 Å². The number of aryl methyl sites for hydroxylation is 4. The van der Waals surface area contributed by atoms with Crippen molar-refractivity contribution >= 4 is 5.91 Å². The monoisotopic (exact) mass is 444 g/mol. The lowest BCUT2D eigenvalue weighted by Crippen LogP contribution is -2.23. The van der Waals surface area contributed by atoms with Crippen molar-refractivity contribution in [2.75, 3.05) is 0 Å². The predicted molar refractivity (Wildman–Crippen MR) is 123 cm³/mol. The molecule has 0 bridgehead atoms. The molecular weight excluding hydrogens is 420 g/mol. The first-order chi connectivity index (χ1) is 15.8. The number of carbonyl (C=O) groups is 1. The van der Waals surface area contributed by atoms with E-state index < -0.39 is 11.5 Å². The van der Waals surface area contributed by atoms with E-state index in [0.717, 1.165) is 38.5 Å². The molecule has 0 aliphatic carbocycles. The van der Waals surface area contributed by atoms with E-state index in [1.807, 2.05) is 52.0 Å². The molecule has 0 atom stereocenters. The van der Waals surface area contributed by atoms with Crippen LogP contribution in [0.5, 0.6) is 11.6 Å². The van der Waals surface area contributed by atoms with E-state index >= 15 is 0 Å². The zero-order chi connectivity index (χ0) is 23.5. The van der Waals surface area contributed by atoms with Crippen LogP contribution in [0.1, 0.15) is 38.6 Å². The van der Waals surface area contributed by atoms with Crippen molar-refractivity contribution in [2.45, 2.75) is 34.2 Å². The summed E-state index contributed by atoms with van der Waals surface area (Å²) in [6.45, 7) is 7.84. The molecule has 3 heterocycles. The lowest BCUT2D eigenvalue weighted by Gasteiger charge is -2.09. The van der Waals surface area contributed by atoms with Crippen LogP contribution in [0.25, 0.3) is 5.95 Å². The largest absolute Gasteiger partial charge is 0.439 e. The second-order valence-electron chi connectivity index (χ2n) is 7.85. The third kappa shape index (κ3) is 5.15. The van der Waals surface area contributed by atoms with Crippen LogP contribution in [-0.4, -0.2) is 30.6 Å². The molecule has 4 rings (SSSR count). The summed E-state index contributed by atoms with van der Waals surface area (Å²) >= 11 is 0. The number of ether oxygens (including phenoxy) is 1. The van der Waals surface area contributed by atoms with Crippen LogP contribution < -0.4 is 15.6 Å². The third-order valence-corrected chi connectivity index (χ3v) is 4.94. The topological polar surface area (TPSA) is 115 Å². The highest BCUT2D eigenvalue weighted by Crippen LogP contribution is 2.24. The Bertz CT molecular complexity index is 1350. The number of nitrogens with one attached hydrogen (secondary N) is 2. The first-order valence-electron chi connectivity index (χ1n) is 10.4. The number of H-pyrrole nitrogens is 1. The smallest absolute Gasteiger partial charge is 0.274 e. The van der Waals surface area contributed by atoms with Gasteiger partial charge in [-0.05, 0) is 56.5 Å². The minimum absolute atomic E-state index is 0.116. The Kier molecular flexibility index (Phi) is 6.03. The molecule has 0 saturated heterocycles. The van der Waals surface area contributed by atoms with E-state index in [9.17, 15) is 9.59 Å². The van der Waals surface area contributed by atoms with Crippen molar-refractivity contribution in [1.82, 2.24) is 30.0 Å². The van der Waals surface area contributed by atoms with Gasteiger partial charge in [0.15, 0.2) is 0 Å². The minimum Gasteiger partial charge on any atom is -0.439 e. The Morgan fingerprint density at radius 3 is 2.48 bits per heavy atom. The van der Waals surface area contributed by atoms with E-state index in [0.29, 0.717) is 5.88 Å². The summed E-state index contributed by atoms with van der Waals surface area (Å²) in [6.07, 6.45) is 1.64. The number of nitrogens with zero attached hydrogens (tertiary/aromatic N) is 4. The molecular formula is C24H24N6O3. The molecule has 0 fully saturated rings.